The number of methoxy groups -OCH3 is 1. The van der Waals surface area contributed by atoms with Gasteiger partial charge in [-0.1, -0.05) is 0 Å². The van der Waals surface area contributed by atoms with Crippen molar-refractivity contribution in [1.29, 1.82) is 5.26 Å². The molecule has 4 aliphatic carbocycles. The normalized spacial score (nSPS) is 42.3. The Morgan fingerprint density at radius 2 is 1.78 bits per heavy atom. The molecule has 98 valence electrons. The molecule has 0 aromatic heterocycles. The number of hydrogen-bond acceptors (Lipinski definition) is 3. The van der Waals surface area contributed by atoms with Crippen molar-refractivity contribution in [2.45, 2.75) is 38.5 Å². The van der Waals surface area contributed by atoms with Crippen LogP contribution in [0.5, 0.6) is 0 Å². The van der Waals surface area contributed by atoms with E-state index in [4.69, 9.17) is 4.74 Å². The van der Waals surface area contributed by atoms with E-state index in [1.54, 1.807) is 0 Å². The first-order chi connectivity index (χ1) is 8.71. The first-order valence-corrected chi connectivity index (χ1v) is 7.17. The van der Waals surface area contributed by atoms with Gasteiger partial charge in [-0.05, 0) is 61.7 Å². The predicted molar refractivity (Wildman–Crippen MR) is 66.3 cm³/mol. The van der Waals surface area contributed by atoms with Gasteiger partial charge in [-0.15, -0.1) is 0 Å². The number of ether oxygens (including phenoxy) is 1. The van der Waals surface area contributed by atoms with Gasteiger partial charge in [0, 0.05) is 0 Å². The third-order valence-electron chi connectivity index (χ3n) is 5.54. The Morgan fingerprint density at radius 1 is 1.22 bits per heavy atom. The highest BCUT2D eigenvalue weighted by molar-refractivity contribution is 5.69. The number of rotatable bonds is 3. The number of esters is 1. The molecule has 3 nitrogen and oxygen atoms in total. The van der Waals surface area contributed by atoms with E-state index in [1.807, 2.05) is 0 Å². The molecule has 0 N–H and O–H groups in total. The number of nitriles is 1. The zero-order chi connectivity index (χ0) is 12.7. The topological polar surface area (TPSA) is 50.1 Å². The summed E-state index contributed by atoms with van der Waals surface area (Å²) in [6.45, 7) is 0. The second-order valence-corrected chi connectivity index (χ2v) is 6.52. The van der Waals surface area contributed by atoms with Gasteiger partial charge in [0.1, 0.15) is 0 Å². The second-order valence-electron chi connectivity index (χ2n) is 6.52. The maximum absolute atomic E-state index is 11.4. The van der Waals surface area contributed by atoms with Crippen LogP contribution in [0.4, 0.5) is 0 Å². The van der Waals surface area contributed by atoms with E-state index in [1.165, 1.54) is 39.2 Å². The van der Waals surface area contributed by atoms with Crippen molar-refractivity contribution in [1.82, 2.24) is 0 Å². The van der Waals surface area contributed by atoms with Gasteiger partial charge in [0.15, 0.2) is 0 Å². The molecule has 4 fully saturated rings. The van der Waals surface area contributed by atoms with E-state index in [-0.39, 0.29) is 11.9 Å². The summed E-state index contributed by atoms with van der Waals surface area (Å²) in [5.74, 6) is 3.36. The van der Waals surface area contributed by atoms with E-state index in [0.717, 1.165) is 11.8 Å². The highest BCUT2D eigenvalue weighted by Crippen LogP contribution is 2.58. The van der Waals surface area contributed by atoms with Gasteiger partial charge in [-0.2, -0.15) is 5.26 Å². The highest BCUT2D eigenvalue weighted by Gasteiger charge is 2.50. The SMILES string of the molecule is COC(=O)CC(C#N)C1C2CC3CC(C2)CC1C3. The van der Waals surface area contributed by atoms with Gasteiger partial charge in [0.2, 0.25) is 0 Å². The standard InChI is InChI=1S/C15H21NO2/c1-18-14(17)7-13(8-16)15-11-3-9-2-10(5-11)6-12(15)4-9/h9-13,15H,2-7H2,1H3. The van der Waals surface area contributed by atoms with E-state index in [2.05, 4.69) is 6.07 Å². The Hall–Kier alpha value is -1.04. The molecule has 1 unspecified atom stereocenters. The van der Waals surface area contributed by atoms with E-state index >= 15 is 0 Å². The monoisotopic (exact) mass is 247 g/mol. The van der Waals surface area contributed by atoms with Crippen LogP contribution in [0.15, 0.2) is 0 Å². The molecule has 3 heteroatoms. The number of carbonyl (C=O) groups is 1. The number of hydrogen-bond donors (Lipinski definition) is 0. The zero-order valence-electron chi connectivity index (χ0n) is 11.0. The first kappa shape index (κ1) is 12.0. The molecule has 0 amide bonds. The summed E-state index contributed by atoms with van der Waals surface area (Å²) >= 11 is 0. The summed E-state index contributed by atoms with van der Waals surface area (Å²) < 4.78 is 4.74. The van der Waals surface area contributed by atoms with Crippen LogP contribution in [0.3, 0.4) is 0 Å². The molecule has 0 radical (unpaired) electrons. The molecule has 4 aliphatic rings. The van der Waals surface area contributed by atoms with Gasteiger partial charge in [-0.25, -0.2) is 0 Å². The van der Waals surface area contributed by atoms with E-state index in [0.29, 0.717) is 24.2 Å². The lowest BCUT2D eigenvalue weighted by atomic mass is 9.49. The average molecular weight is 247 g/mol. The summed E-state index contributed by atoms with van der Waals surface area (Å²) in [5, 5.41) is 9.40. The van der Waals surface area contributed by atoms with Crippen LogP contribution in [0.1, 0.15) is 38.5 Å². The molecule has 4 bridgehead atoms. The summed E-state index contributed by atoms with van der Waals surface area (Å²) in [4.78, 5) is 11.4. The van der Waals surface area contributed by atoms with Crippen molar-refractivity contribution >= 4 is 5.97 Å². The summed E-state index contributed by atoms with van der Waals surface area (Å²) in [5.41, 5.74) is 0. The minimum absolute atomic E-state index is 0.118. The van der Waals surface area contributed by atoms with Gasteiger partial charge < -0.3 is 4.74 Å². The lowest BCUT2D eigenvalue weighted by molar-refractivity contribution is -0.143. The molecule has 1 atom stereocenters. The van der Waals surface area contributed by atoms with Gasteiger partial charge in [0.05, 0.1) is 25.5 Å². The van der Waals surface area contributed by atoms with Crippen molar-refractivity contribution in [2.75, 3.05) is 7.11 Å². The van der Waals surface area contributed by atoms with E-state index in [9.17, 15) is 10.1 Å². The molecule has 4 rings (SSSR count). The van der Waals surface area contributed by atoms with Crippen LogP contribution < -0.4 is 0 Å². The molecule has 0 saturated heterocycles. The van der Waals surface area contributed by atoms with Crippen molar-refractivity contribution in [3.8, 4) is 6.07 Å². The highest BCUT2D eigenvalue weighted by atomic mass is 16.5. The molecule has 0 aromatic carbocycles. The minimum atomic E-state index is -0.227. The fraction of sp³-hybridized carbons (Fsp3) is 0.867. The van der Waals surface area contributed by atoms with Crippen LogP contribution in [-0.2, 0) is 9.53 Å². The third-order valence-corrected chi connectivity index (χ3v) is 5.54. The summed E-state index contributed by atoms with van der Waals surface area (Å²) in [6.07, 6.45) is 6.93. The fourth-order valence-electron chi connectivity index (χ4n) is 5.16. The van der Waals surface area contributed by atoms with Crippen molar-refractivity contribution in [2.24, 2.45) is 35.5 Å². The largest absolute Gasteiger partial charge is 0.469 e. The molecule has 18 heavy (non-hydrogen) atoms. The summed E-state index contributed by atoms with van der Waals surface area (Å²) in [7, 11) is 1.41. The van der Waals surface area contributed by atoms with Crippen molar-refractivity contribution < 1.29 is 9.53 Å². The van der Waals surface area contributed by atoms with Crippen LogP contribution in [0.25, 0.3) is 0 Å². The Morgan fingerprint density at radius 3 is 2.22 bits per heavy atom. The number of nitrogens with zero attached hydrogens (tertiary/aromatic N) is 1. The third kappa shape index (κ3) is 1.92. The lowest BCUT2D eigenvalue weighted by Gasteiger charge is -2.55. The van der Waals surface area contributed by atoms with Crippen molar-refractivity contribution in [3.05, 3.63) is 0 Å². The first-order valence-electron chi connectivity index (χ1n) is 7.17. The number of carbonyl (C=O) groups excluding carboxylic acids is 1. The molecule has 0 aromatic rings. The summed E-state index contributed by atoms with van der Waals surface area (Å²) in [6, 6.07) is 2.39. The molecular formula is C15H21NO2. The minimum Gasteiger partial charge on any atom is -0.469 e. The van der Waals surface area contributed by atoms with Gasteiger partial charge in [-0.3, -0.25) is 4.79 Å². The van der Waals surface area contributed by atoms with Crippen LogP contribution >= 0.6 is 0 Å². The van der Waals surface area contributed by atoms with Crippen LogP contribution in [-0.4, -0.2) is 13.1 Å². The molecule has 0 spiro atoms. The van der Waals surface area contributed by atoms with E-state index < -0.39 is 0 Å². The average Bonchev–Trinajstić information content (AvgIpc) is 2.35. The Balaban J connectivity index is 1.75. The Bertz CT molecular complexity index is 356. The second kappa shape index (κ2) is 4.57. The van der Waals surface area contributed by atoms with Gasteiger partial charge in [0.25, 0.3) is 0 Å². The maximum Gasteiger partial charge on any atom is 0.306 e. The quantitative estimate of drug-likeness (QED) is 0.720. The zero-order valence-corrected chi connectivity index (χ0v) is 11.0. The molecule has 0 heterocycles. The molecule has 0 aliphatic heterocycles. The Labute approximate surface area is 108 Å². The lowest BCUT2D eigenvalue weighted by Crippen LogP contribution is -2.47. The molecule has 4 saturated carbocycles. The fourth-order valence-corrected chi connectivity index (χ4v) is 5.16. The molecular weight excluding hydrogens is 226 g/mol. The van der Waals surface area contributed by atoms with Crippen LogP contribution in [0, 0.1) is 46.8 Å². The van der Waals surface area contributed by atoms with Crippen LogP contribution in [0.2, 0.25) is 0 Å². The Kier molecular flexibility index (Phi) is 3.05. The smallest absolute Gasteiger partial charge is 0.306 e. The predicted octanol–water partition coefficient (Wildman–Crippen LogP) is 2.76. The maximum atomic E-state index is 11.4. The van der Waals surface area contributed by atoms with Crippen molar-refractivity contribution in [3.63, 3.8) is 0 Å². The van der Waals surface area contributed by atoms with Gasteiger partial charge >= 0.3 is 5.97 Å².